The Morgan fingerprint density at radius 1 is 0.405 bits per heavy atom. The number of benzene rings is 8. The highest BCUT2D eigenvalue weighted by Gasteiger charge is 2.31. The first-order chi connectivity index (χ1) is 35.3. The summed E-state index contributed by atoms with van der Waals surface area (Å²) >= 11 is 0. The number of aromatic nitrogens is 4. The molecule has 0 unspecified atom stereocenters. The predicted octanol–water partition coefficient (Wildman–Crippen LogP) is 18.1. The average molecular weight is 967 g/mol. The molecular weight excluding hydrogens is 901 g/mol. The molecule has 74 heavy (non-hydrogen) atoms. The molecule has 0 bridgehead atoms. The zero-order valence-electron chi connectivity index (χ0n) is 44.7. The van der Waals surface area contributed by atoms with Gasteiger partial charge < -0.3 is 9.67 Å². The molecule has 0 aliphatic rings. The van der Waals surface area contributed by atoms with E-state index in [0.717, 1.165) is 89.0 Å². The number of nitrogens with zero attached hydrogens (tertiary/aromatic N) is 4. The molecule has 3 heterocycles. The molecule has 3 aromatic heterocycles. The fourth-order valence-electron chi connectivity index (χ4n) is 10.8. The van der Waals surface area contributed by atoms with Crippen LogP contribution >= 0.6 is 0 Å². The summed E-state index contributed by atoms with van der Waals surface area (Å²) in [6, 6.07) is 67.7. The highest BCUT2D eigenvalue weighted by Crippen LogP contribution is 2.47. The van der Waals surface area contributed by atoms with Gasteiger partial charge in [-0.05, 0) is 110 Å². The Kier molecular flexibility index (Phi) is 11.7. The maximum atomic E-state index is 12.7. The largest absolute Gasteiger partial charge is 0.507 e. The molecular formula is C69H66N4O. The van der Waals surface area contributed by atoms with E-state index in [1.54, 1.807) is 0 Å². The number of aromatic hydroxyl groups is 1. The van der Waals surface area contributed by atoms with E-state index in [4.69, 9.17) is 9.97 Å². The smallest absolute Gasteiger partial charge is 0.149 e. The van der Waals surface area contributed by atoms with Crippen LogP contribution in [0.15, 0.2) is 194 Å². The minimum absolute atomic E-state index is 0.0927. The Bertz CT molecular complexity index is 3910. The second-order valence-corrected chi connectivity index (χ2v) is 23.8. The van der Waals surface area contributed by atoms with E-state index in [0.29, 0.717) is 11.4 Å². The quantitative estimate of drug-likeness (QED) is 0.165. The van der Waals surface area contributed by atoms with E-state index in [1.165, 1.54) is 16.5 Å². The Morgan fingerprint density at radius 3 is 1.72 bits per heavy atom. The first kappa shape index (κ1) is 48.3. The van der Waals surface area contributed by atoms with Crippen LogP contribution in [-0.4, -0.2) is 24.2 Å². The number of hydrogen-bond donors (Lipinski definition) is 1. The monoisotopic (exact) mass is 967 g/mol. The van der Waals surface area contributed by atoms with Crippen molar-refractivity contribution in [3.8, 4) is 62.0 Å². The number of para-hydroxylation sites is 3. The Morgan fingerprint density at radius 2 is 1.03 bits per heavy atom. The summed E-state index contributed by atoms with van der Waals surface area (Å²) in [5.74, 6) is 0.935. The lowest BCUT2D eigenvalue weighted by atomic mass is 9.76. The van der Waals surface area contributed by atoms with Gasteiger partial charge in [0.1, 0.15) is 11.6 Å². The van der Waals surface area contributed by atoms with Crippen LogP contribution in [0.2, 0.25) is 0 Å². The minimum atomic E-state index is -0.375. The number of phenols is 1. The number of imidazole rings is 1. The van der Waals surface area contributed by atoms with Gasteiger partial charge in [0.15, 0.2) is 0 Å². The van der Waals surface area contributed by atoms with Crippen LogP contribution in [0.5, 0.6) is 5.75 Å². The molecule has 0 atom stereocenters. The maximum absolute atomic E-state index is 12.7. The number of phenolic OH excluding ortho intramolecular Hbond substituents is 1. The minimum Gasteiger partial charge on any atom is -0.507 e. The summed E-state index contributed by atoms with van der Waals surface area (Å²) < 4.78 is 4.62. The SMILES string of the molecule is CC(C)(C)c1ccc(-n2c(-c3cc(C(C)(C)C)cc(C(C)(C)C)c3O)nc3c(-c4cc(-c5cc6c7ccccc7n(-c7ccccc7)c6cn5)cc(C(C)(C)c5ccccc5)c4)cccc32)c(-c2ccccc2)c1. The lowest BCUT2D eigenvalue weighted by Gasteiger charge is -2.28. The van der Waals surface area contributed by atoms with Crippen molar-refractivity contribution in [2.45, 2.75) is 97.8 Å². The van der Waals surface area contributed by atoms with Crippen LogP contribution in [0.1, 0.15) is 104 Å². The van der Waals surface area contributed by atoms with Gasteiger partial charge in [-0.1, -0.05) is 204 Å². The molecule has 11 aromatic rings. The third kappa shape index (κ3) is 8.48. The van der Waals surface area contributed by atoms with Crippen molar-refractivity contribution in [3.63, 3.8) is 0 Å². The van der Waals surface area contributed by atoms with Gasteiger partial charge in [-0.25, -0.2) is 4.98 Å². The Labute approximate surface area is 436 Å². The van der Waals surface area contributed by atoms with Crippen molar-refractivity contribution >= 4 is 32.8 Å². The second-order valence-electron chi connectivity index (χ2n) is 23.8. The standard InChI is InChI=1S/C69H66N4O/c1-66(2,3)48-34-35-60(54(39-48)44-24-15-12-16-25-44)73-61-33-23-31-52(63(61)71-65(73)56-40-49(67(4,5)6)41-57(64(56)74)68(7,8)9)45-36-46(38-50(37-45)69(10,11)47-26-17-13-18-27-47)58-42-55-53-30-21-22-32-59(53)72(62(55)43-70-58)51-28-19-14-20-29-51/h12-43,74H,1-11H3. The average Bonchev–Trinajstić information content (AvgIpc) is 3.94. The zero-order chi connectivity index (χ0) is 51.9. The topological polar surface area (TPSA) is 55.9 Å². The van der Waals surface area contributed by atoms with Crippen LogP contribution in [-0.2, 0) is 21.7 Å². The number of fused-ring (bicyclic) bond motifs is 4. The molecule has 5 nitrogen and oxygen atoms in total. The van der Waals surface area contributed by atoms with Gasteiger partial charge in [0.25, 0.3) is 0 Å². The van der Waals surface area contributed by atoms with Gasteiger partial charge in [0.2, 0.25) is 0 Å². The molecule has 0 saturated heterocycles. The molecule has 0 aliphatic carbocycles. The third-order valence-corrected chi connectivity index (χ3v) is 15.2. The van der Waals surface area contributed by atoms with Crippen LogP contribution in [0.3, 0.4) is 0 Å². The highest BCUT2D eigenvalue weighted by molar-refractivity contribution is 6.10. The van der Waals surface area contributed by atoms with Crippen LogP contribution in [0.25, 0.3) is 89.1 Å². The first-order valence-corrected chi connectivity index (χ1v) is 26.0. The lowest BCUT2D eigenvalue weighted by Crippen LogP contribution is -2.19. The molecule has 0 amide bonds. The van der Waals surface area contributed by atoms with Gasteiger partial charge in [0, 0.05) is 44.1 Å². The third-order valence-electron chi connectivity index (χ3n) is 15.2. The van der Waals surface area contributed by atoms with Gasteiger partial charge in [0.05, 0.1) is 45.2 Å². The molecule has 5 heteroatoms. The van der Waals surface area contributed by atoms with E-state index in [1.807, 2.05) is 6.20 Å². The summed E-state index contributed by atoms with van der Waals surface area (Å²) in [5, 5.41) is 15.1. The number of rotatable bonds is 8. The lowest BCUT2D eigenvalue weighted by molar-refractivity contribution is 0.446. The summed E-state index contributed by atoms with van der Waals surface area (Å²) in [4.78, 5) is 11.1. The van der Waals surface area contributed by atoms with Gasteiger partial charge in [-0.2, -0.15) is 0 Å². The Balaban J connectivity index is 1.22. The molecule has 0 aliphatic heterocycles. The number of hydrogen-bond acceptors (Lipinski definition) is 3. The van der Waals surface area contributed by atoms with E-state index in [9.17, 15) is 5.11 Å². The zero-order valence-corrected chi connectivity index (χ0v) is 44.7. The van der Waals surface area contributed by atoms with Crippen LogP contribution in [0.4, 0.5) is 0 Å². The molecule has 0 fully saturated rings. The van der Waals surface area contributed by atoms with Gasteiger partial charge in [-0.3, -0.25) is 9.55 Å². The number of pyridine rings is 1. The maximum Gasteiger partial charge on any atom is 0.149 e. The van der Waals surface area contributed by atoms with Crippen molar-refractivity contribution in [2.24, 2.45) is 0 Å². The predicted molar refractivity (Wildman–Crippen MR) is 311 cm³/mol. The molecule has 0 spiro atoms. The highest BCUT2D eigenvalue weighted by atomic mass is 16.3. The fraction of sp³-hybridized carbons (Fsp3) is 0.217. The van der Waals surface area contributed by atoms with Crippen molar-refractivity contribution in [3.05, 3.63) is 222 Å². The van der Waals surface area contributed by atoms with E-state index >= 15 is 0 Å². The van der Waals surface area contributed by atoms with E-state index < -0.39 is 0 Å². The normalized spacial score (nSPS) is 12.6. The van der Waals surface area contributed by atoms with Crippen LogP contribution in [0, 0.1) is 0 Å². The van der Waals surface area contributed by atoms with Gasteiger partial charge in [-0.15, -0.1) is 0 Å². The molecule has 11 rings (SSSR count). The fourth-order valence-corrected chi connectivity index (χ4v) is 10.8. The Hall–Kier alpha value is -8.02. The second kappa shape index (κ2) is 17.9. The van der Waals surface area contributed by atoms with Crippen molar-refractivity contribution in [1.82, 2.24) is 19.1 Å². The van der Waals surface area contributed by atoms with E-state index in [-0.39, 0.29) is 27.4 Å². The van der Waals surface area contributed by atoms with Gasteiger partial charge >= 0.3 is 0 Å². The van der Waals surface area contributed by atoms with Crippen molar-refractivity contribution in [2.75, 3.05) is 0 Å². The first-order valence-electron chi connectivity index (χ1n) is 26.0. The molecule has 8 aromatic carbocycles. The molecule has 0 saturated carbocycles. The van der Waals surface area contributed by atoms with Crippen molar-refractivity contribution in [1.29, 1.82) is 0 Å². The van der Waals surface area contributed by atoms with E-state index in [2.05, 4.69) is 273 Å². The summed E-state index contributed by atoms with van der Waals surface area (Å²) in [6.07, 6.45) is 2.04. The molecule has 368 valence electrons. The summed E-state index contributed by atoms with van der Waals surface area (Å²) in [5.41, 5.74) is 17.5. The molecule has 1 N–H and O–H groups in total. The van der Waals surface area contributed by atoms with Crippen LogP contribution < -0.4 is 0 Å². The van der Waals surface area contributed by atoms with Crippen molar-refractivity contribution < 1.29 is 5.11 Å². The molecule has 0 radical (unpaired) electrons. The summed E-state index contributed by atoms with van der Waals surface area (Å²) in [6.45, 7) is 24.7. The summed E-state index contributed by atoms with van der Waals surface area (Å²) in [7, 11) is 0.